The number of amides is 1. The van der Waals surface area contributed by atoms with Gasteiger partial charge in [0.05, 0.1) is 5.75 Å². The van der Waals surface area contributed by atoms with E-state index in [-0.39, 0.29) is 0 Å². The number of thioether (sulfide) groups is 1. The molecule has 0 aliphatic heterocycles. The Morgan fingerprint density at radius 3 is 3.05 bits per heavy atom. The van der Waals surface area contributed by atoms with Crippen molar-refractivity contribution in [2.45, 2.75) is 38.0 Å². The normalized spacial score (nSPS) is 12.1. The number of aliphatic carboxylic acids is 1. The SMILES string of the molecule is CCCc1noc(CSCCC(NC=O)C(=O)O)n1. The van der Waals surface area contributed by atoms with Gasteiger partial charge in [-0.25, -0.2) is 4.79 Å². The van der Waals surface area contributed by atoms with E-state index in [2.05, 4.69) is 15.5 Å². The largest absolute Gasteiger partial charge is 0.480 e. The zero-order valence-corrected chi connectivity index (χ0v) is 11.5. The van der Waals surface area contributed by atoms with Crippen molar-refractivity contribution < 1.29 is 19.2 Å². The summed E-state index contributed by atoms with van der Waals surface area (Å²) >= 11 is 1.49. The summed E-state index contributed by atoms with van der Waals surface area (Å²) in [4.78, 5) is 25.2. The van der Waals surface area contributed by atoms with E-state index in [4.69, 9.17) is 9.63 Å². The third-order valence-electron chi connectivity index (χ3n) is 2.33. The number of carboxylic acid groups (broad SMARTS) is 1. The van der Waals surface area contributed by atoms with Crippen LogP contribution in [0.3, 0.4) is 0 Å². The number of aromatic nitrogens is 2. The smallest absolute Gasteiger partial charge is 0.326 e. The molecule has 0 spiro atoms. The van der Waals surface area contributed by atoms with Crippen LogP contribution >= 0.6 is 11.8 Å². The molecule has 106 valence electrons. The van der Waals surface area contributed by atoms with Crippen molar-refractivity contribution in [2.75, 3.05) is 5.75 Å². The summed E-state index contributed by atoms with van der Waals surface area (Å²) in [5.41, 5.74) is 0. The molecule has 1 atom stereocenters. The molecule has 0 bridgehead atoms. The first kappa shape index (κ1) is 15.5. The van der Waals surface area contributed by atoms with Gasteiger partial charge in [-0.05, 0) is 18.6 Å². The second-order valence-electron chi connectivity index (χ2n) is 3.87. The van der Waals surface area contributed by atoms with Crippen molar-refractivity contribution in [2.24, 2.45) is 0 Å². The number of carbonyl (C=O) groups excluding carboxylic acids is 1. The topological polar surface area (TPSA) is 105 Å². The first-order valence-electron chi connectivity index (χ1n) is 5.99. The second kappa shape index (κ2) is 8.52. The van der Waals surface area contributed by atoms with E-state index in [0.29, 0.717) is 36.1 Å². The standard InChI is InChI=1S/C11H17N3O4S/c1-2-3-9-13-10(18-14-9)6-19-5-4-8(11(16)17)12-7-15/h7-8H,2-6H2,1H3,(H,12,15)(H,16,17). The predicted octanol–water partition coefficient (Wildman–Crippen LogP) is 0.845. The van der Waals surface area contributed by atoms with Crippen LogP contribution in [0.15, 0.2) is 4.52 Å². The third kappa shape index (κ3) is 5.73. The average molecular weight is 287 g/mol. The van der Waals surface area contributed by atoms with E-state index < -0.39 is 12.0 Å². The highest BCUT2D eigenvalue weighted by molar-refractivity contribution is 7.98. The number of aryl methyl sites for hydroxylation is 1. The first-order chi connectivity index (χ1) is 9.17. The molecule has 1 aromatic heterocycles. The molecule has 1 aromatic rings. The Hall–Kier alpha value is -1.57. The molecule has 0 aromatic carbocycles. The molecular formula is C11H17N3O4S. The van der Waals surface area contributed by atoms with E-state index >= 15 is 0 Å². The molecular weight excluding hydrogens is 270 g/mol. The number of nitrogens with zero attached hydrogens (tertiary/aromatic N) is 2. The van der Waals surface area contributed by atoms with Gasteiger partial charge in [0.1, 0.15) is 6.04 Å². The van der Waals surface area contributed by atoms with Gasteiger partial charge in [-0.15, -0.1) is 0 Å². The van der Waals surface area contributed by atoms with Crippen LogP contribution in [-0.4, -0.2) is 39.4 Å². The van der Waals surface area contributed by atoms with Gasteiger partial charge in [0.15, 0.2) is 5.82 Å². The Bertz CT molecular complexity index is 410. The van der Waals surface area contributed by atoms with Crippen molar-refractivity contribution in [1.82, 2.24) is 15.5 Å². The maximum atomic E-state index is 10.8. The van der Waals surface area contributed by atoms with Gasteiger partial charge in [0, 0.05) is 6.42 Å². The van der Waals surface area contributed by atoms with Crippen LogP contribution in [0.4, 0.5) is 0 Å². The fourth-order valence-electron chi connectivity index (χ4n) is 1.39. The zero-order chi connectivity index (χ0) is 14.1. The van der Waals surface area contributed by atoms with E-state index in [1.165, 1.54) is 11.8 Å². The summed E-state index contributed by atoms with van der Waals surface area (Å²) < 4.78 is 5.05. The summed E-state index contributed by atoms with van der Waals surface area (Å²) in [6.45, 7) is 2.04. The van der Waals surface area contributed by atoms with E-state index in [0.717, 1.165) is 12.8 Å². The van der Waals surface area contributed by atoms with Crippen LogP contribution in [0.1, 0.15) is 31.5 Å². The zero-order valence-electron chi connectivity index (χ0n) is 10.7. The number of carboxylic acids is 1. The number of nitrogens with one attached hydrogen (secondary N) is 1. The molecule has 0 aliphatic rings. The molecule has 1 rings (SSSR count). The minimum atomic E-state index is -1.03. The quantitative estimate of drug-likeness (QED) is 0.485. The van der Waals surface area contributed by atoms with E-state index in [1.54, 1.807) is 0 Å². The highest BCUT2D eigenvalue weighted by Crippen LogP contribution is 2.13. The summed E-state index contributed by atoms with van der Waals surface area (Å²) in [6.07, 6.45) is 2.51. The third-order valence-corrected chi connectivity index (χ3v) is 3.30. The monoisotopic (exact) mass is 287 g/mol. The first-order valence-corrected chi connectivity index (χ1v) is 7.14. The second-order valence-corrected chi connectivity index (χ2v) is 4.98. The van der Waals surface area contributed by atoms with Gasteiger partial charge >= 0.3 is 5.97 Å². The maximum absolute atomic E-state index is 10.8. The lowest BCUT2D eigenvalue weighted by Crippen LogP contribution is -2.36. The number of rotatable bonds is 10. The molecule has 0 radical (unpaired) electrons. The molecule has 1 unspecified atom stereocenters. The molecule has 1 heterocycles. The minimum Gasteiger partial charge on any atom is -0.480 e. The van der Waals surface area contributed by atoms with Gasteiger partial charge < -0.3 is 14.9 Å². The number of hydrogen-bond acceptors (Lipinski definition) is 6. The Morgan fingerprint density at radius 1 is 1.63 bits per heavy atom. The van der Waals surface area contributed by atoms with Crippen molar-refractivity contribution in [3.63, 3.8) is 0 Å². The number of carbonyl (C=O) groups is 2. The van der Waals surface area contributed by atoms with Crippen molar-refractivity contribution >= 4 is 24.1 Å². The Morgan fingerprint density at radius 2 is 2.42 bits per heavy atom. The summed E-state index contributed by atoms with van der Waals surface area (Å²) in [7, 11) is 0. The van der Waals surface area contributed by atoms with Crippen LogP contribution in [0.2, 0.25) is 0 Å². The minimum absolute atomic E-state index is 0.356. The molecule has 0 fully saturated rings. The number of hydrogen-bond donors (Lipinski definition) is 2. The maximum Gasteiger partial charge on any atom is 0.326 e. The molecule has 0 saturated carbocycles. The van der Waals surface area contributed by atoms with Crippen molar-refractivity contribution in [3.8, 4) is 0 Å². The van der Waals surface area contributed by atoms with Gasteiger partial charge in [-0.2, -0.15) is 16.7 Å². The van der Waals surface area contributed by atoms with Gasteiger partial charge in [0.25, 0.3) is 0 Å². The summed E-state index contributed by atoms with van der Waals surface area (Å²) in [5, 5.41) is 14.9. The lowest BCUT2D eigenvalue weighted by molar-refractivity contribution is -0.140. The van der Waals surface area contributed by atoms with Crippen LogP contribution in [0, 0.1) is 0 Å². The lowest BCUT2D eigenvalue weighted by Gasteiger charge is -2.09. The summed E-state index contributed by atoms with van der Waals surface area (Å²) in [6, 6.07) is -0.844. The Balaban J connectivity index is 2.25. The Kier molecular flexibility index (Phi) is 6.94. The predicted molar refractivity (Wildman–Crippen MR) is 69.7 cm³/mol. The lowest BCUT2D eigenvalue weighted by atomic mass is 10.2. The van der Waals surface area contributed by atoms with E-state index in [9.17, 15) is 9.59 Å². The van der Waals surface area contributed by atoms with Crippen LogP contribution in [-0.2, 0) is 21.8 Å². The van der Waals surface area contributed by atoms with Crippen molar-refractivity contribution in [3.05, 3.63) is 11.7 Å². The highest BCUT2D eigenvalue weighted by atomic mass is 32.2. The molecule has 7 nitrogen and oxygen atoms in total. The van der Waals surface area contributed by atoms with Crippen LogP contribution in [0.5, 0.6) is 0 Å². The van der Waals surface area contributed by atoms with E-state index in [1.807, 2.05) is 6.92 Å². The average Bonchev–Trinajstić information content (AvgIpc) is 2.81. The molecule has 8 heteroatoms. The Labute approximate surface area is 115 Å². The molecule has 1 amide bonds. The summed E-state index contributed by atoms with van der Waals surface area (Å²) in [5.74, 6) is 1.34. The van der Waals surface area contributed by atoms with Gasteiger partial charge in [0.2, 0.25) is 12.3 Å². The molecule has 2 N–H and O–H groups in total. The van der Waals surface area contributed by atoms with Gasteiger partial charge in [-0.3, -0.25) is 4.79 Å². The highest BCUT2D eigenvalue weighted by Gasteiger charge is 2.15. The fraction of sp³-hybridized carbons (Fsp3) is 0.636. The molecule has 0 saturated heterocycles. The fourth-order valence-corrected chi connectivity index (χ4v) is 2.23. The van der Waals surface area contributed by atoms with Gasteiger partial charge in [-0.1, -0.05) is 12.1 Å². The molecule has 0 aliphatic carbocycles. The van der Waals surface area contributed by atoms with Crippen LogP contribution in [0.25, 0.3) is 0 Å². The molecule has 19 heavy (non-hydrogen) atoms. The van der Waals surface area contributed by atoms with Crippen molar-refractivity contribution in [1.29, 1.82) is 0 Å². The van der Waals surface area contributed by atoms with Crippen LogP contribution < -0.4 is 5.32 Å².